The quantitative estimate of drug-likeness (QED) is 0.388. The van der Waals surface area contributed by atoms with Crippen LogP contribution in [0.1, 0.15) is 10.4 Å². The summed E-state index contributed by atoms with van der Waals surface area (Å²) in [5.74, 6) is -0.162. The minimum Gasteiger partial charge on any atom is -0.397 e. The molecule has 0 radical (unpaired) electrons. The molecule has 0 aromatic heterocycles. The van der Waals surface area contributed by atoms with Crippen molar-refractivity contribution in [2.75, 3.05) is 31.3 Å². The van der Waals surface area contributed by atoms with Crippen molar-refractivity contribution in [1.29, 1.82) is 0 Å². The van der Waals surface area contributed by atoms with E-state index in [2.05, 4.69) is 33.2 Å². The fourth-order valence-electron chi connectivity index (χ4n) is 1.88. The van der Waals surface area contributed by atoms with Gasteiger partial charge in [-0.3, -0.25) is 4.79 Å². The number of methoxy groups -OCH3 is 1. The lowest BCUT2D eigenvalue weighted by atomic mass is 10.1. The molecule has 0 heterocycles. The van der Waals surface area contributed by atoms with Gasteiger partial charge in [0.1, 0.15) is 0 Å². The van der Waals surface area contributed by atoms with E-state index in [1.807, 2.05) is 24.3 Å². The maximum Gasteiger partial charge on any atom is 0.251 e. The summed E-state index contributed by atoms with van der Waals surface area (Å²) in [5.41, 5.74) is 8.80. The zero-order valence-electron chi connectivity index (χ0n) is 12.2. The van der Waals surface area contributed by atoms with E-state index in [1.165, 1.54) is 3.57 Å². The van der Waals surface area contributed by atoms with Gasteiger partial charge in [0.2, 0.25) is 0 Å². The Morgan fingerprint density at radius 2 is 1.95 bits per heavy atom. The van der Waals surface area contributed by atoms with Crippen LogP contribution in [0.5, 0.6) is 0 Å². The highest BCUT2D eigenvalue weighted by molar-refractivity contribution is 14.1. The van der Waals surface area contributed by atoms with Crippen LogP contribution in [0, 0.1) is 3.57 Å². The van der Waals surface area contributed by atoms with Gasteiger partial charge in [0.25, 0.3) is 5.91 Å². The number of ether oxygens (including phenoxy) is 1. The van der Waals surface area contributed by atoms with Crippen LogP contribution >= 0.6 is 22.6 Å². The Bertz CT molecular complexity index is 644. The first-order chi connectivity index (χ1) is 10.6. The molecule has 4 N–H and O–H groups in total. The van der Waals surface area contributed by atoms with Crippen LogP contribution in [0.2, 0.25) is 0 Å². The van der Waals surface area contributed by atoms with Crippen LogP contribution in [-0.2, 0) is 4.74 Å². The van der Waals surface area contributed by atoms with Crippen LogP contribution in [0.4, 0.5) is 17.1 Å². The molecule has 2 rings (SSSR count). The van der Waals surface area contributed by atoms with Gasteiger partial charge in [0.05, 0.1) is 18.0 Å². The molecule has 0 aliphatic heterocycles. The van der Waals surface area contributed by atoms with Gasteiger partial charge >= 0.3 is 0 Å². The van der Waals surface area contributed by atoms with E-state index in [1.54, 1.807) is 25.3 Å². The summed E-state index contributed by atoms with van der Waals surface area (Å²) in [6.45, 7) is 0.950. The van der Waals surface area contributed by atoms with E-state index < -0.39 is 0 Å². The number of nitrogen functional groups attached to an aromatic ring is 1. The lowest BCUT2D eigenvalue weighted by Crippen LogP contribution is -2.27. The van der Waals surface area contributed by atoms with E-state index in [0.717, 1.165) is 11.4 Å². The van der Waals surface area contributed by atoms with Gasteiger partial charge in [-0.15, -0.1) is 0 Å². The molecule has 0 atom stereocenters. The molecule has 0 aliphatic rings. The number of carbonyl (C=O) groups is 1. The SMILES string of the molecule is COCCNC(=O)c1ccc(Nc2ccc(I)cc2)c(N)c1. The number of anilines is 3. The first kappa shape index (κ1) is 16.6. The lowest BCUT2D eigenvalue weighted by Gasteiger charge is -2.11. The summed E-state index contributed by atoms with van der Waals surface area (Å²) in [6, 6.07) is 13.2. The Kier molecular flexibility index (Phi) is 6.02. The third-order valence-corrected chi connectivity index (χ3v) is 3.75. The zero-order valence-corrected chi connectivity index (χ0v) is 14.4. The van der Waals surface area contributed by atoms with Crippen molar-refractivity contribution in [3.8, 4) is 0 Å². The van der Waals surface area contributed by atoms with Gasteiger partial charge in [0.15, 0.2) is 0 Å². The molecule has 2 aromatic rings. The number of hydrogen-bond acceptors (Lipinski definition) is 4. The Morgan fingerprint density at radius 3 is 2.59 bits per heavy atom. The fraction of sp³-hybridized carbons (Fsp3) is 0.188. The highest BCUT2D eigenvalue weighted by Crippen LogP contribution is 2.24. The third-order valence-electron chi connectivity index (χ3n) is 3.03. The fourth-order valence-corrected chi connectivity index (χ4v) is 2.23. The van der Waals surface area contributed by atoms with Gasteiger partial charge in [0, 0.05) is 28.5 Å². The van der Waals surface area contributed by atoms with E-state index in [9.17, 15) is 4.79 Å². The van der Waals surface area contributed by atoms with Crippen LogP contribution in [0.15, 0.2) is 42.5 Å². The molecule has 5 nitrogen and oxygen atoms in total. The van der Waals surface area contributed by atoms with Gasteiger partial charge < -0.3 is 21.1 Å². The molecule has 2 aromatic carbocycles. The monoisotopic (exact) mass is 411 g/mol. The lowest BCUT2D eigenvalue weighted by molar-refractivity contribution is 0.0937. The minimum atomic E-state index is -0.162. The van der Waals surface area contributed by atoms with Gasteiger partial charge in [-0.05, 0) is 65.1 Å². The Hall–Kier alpha value is -1.80. The van der Waals surface area contributed by atoms with Crippen molar-refractivity contribution in [1.82, 2.24) is 5.32 Å². The molecule has 0 aliphatic carbocycles. The highest BCUT2D eigenvalue weighted by atomic mass is 127. The summed E-state index contributed by atoms with van der Waals surface area (Å²) in [7, 11) is 1.59. The number of nitrogens with two attached hydrogens (primary N) is 1. The molecular weight excluding hydrogens is 393 g/mol. The maximum atomic E-state index is 11.9. The molecule has 0 saturated heterocycles. The predicted molar refractivity (Wildman–Crippen MR) is 97.5 cm³/mol. The maximum absolute atomic E-state index is 11.9. The molecular formula is C16H18IN3O2. The van der Waals surface area contributed by atoms with Crippen LogP contribution < -0.4 is 16.4 Å². The van der Waals surface area contributed by atoms with E-state index >= 15 is 0 Å². The topological polar surface area (TPSA) is 76.4 Å². The highest BCUT2D eigenvalue weighted by Gasteiger charge is 2.08. The van der Waals surface area contributed by atoms with Crippen molar-refractivity contribution in [2.24, 2.45) is 0 Å². The standard InChI is InChI=1S/C16H18IN3O2/c1-22-9-8-19-16(21)11-2-7-15(14(18)10-11)20-13-5-3-12(17)4-6-13/h2-7,10,20H,8-9,18H2,1H3,(H,19,21). The Labute approximate surface area is 143 Å². The molecule has 6 heteroatoms. The third kappa shape index (κ3) is 4.60. The largest absolute Gasteiger partial charge is 0.397 e. The van der Waals surface area contributed by atoms with E-state index in [-0.39, 0.29) is 5.91 Å². The molecule has 116 valence electrons. The average Bonchev–Trinajstić information content (AvgIpc) is 2.51. The zero-order chi connectivity index (χ0) is 15.9. The number of amides is 1. The van der Waals surface area contributed by atoms with Crippen molar-refractivity contribution in [3.63, 3.8) is 0 Å². The van der Waals surface area contributed by atoms with Crippen LogP contribution in [0.25, 0.3) is 0 Å². The van der Waals surface area contributed by atoms with E-state index in [4.69, 9.17) is 10.5 Å². The van der Waals surface area contributed by atoms with Crippen molar-refractivity contribution in [2.45, 2.75) is 0 Å². The first-order valence-corrected chi connectivity index (χ1v) is 7.87. The molecule has 0 bridgehead atoms. The van der Waals surface area contributed by atoms with Crippen LogP contribution in [-0.4, -0.2) is 26.2 Å². The first-order valence-electron chi connectivity index (χ1n) is 6.79. The molecule has 22 heavy (non-hydrogen) atoms. The molecule has 0 unspecified atom stereocenters. The van der Waals surface area contributed by atoms with Gasteiger partial charge in [-0.1, -0.05) is 0 Å². The number of rotatable bonds is 6. The normalized spacial score (nSPS) is 10.3. The molecule has 0 saturated carbocycles. The van der Waals surface area contributed by atoms with Crippen LogP contribution in [0.3, 0.4) is 0 Å². The van der Waals surface area contributed by atoms with Crippen molar-refractivity contribution < 1.29 is 9.53 Å². The second-order valence-electron chi connectivity index (χ2n) is 4.68. The summed E-state index contributed by atoms with van der Waals surface area (Å²) >= 11 is 2.25. The smallest absolute Gasteiger partial charge is 0.251 e. The Balaban J connectivity index is 2.06. The minimum absolute atomic E-state index is 0.162. The number of carbonyl (C=O) groups excluding carboxylic acids is 1. The Morgan fingerprint density at radius 1 is 1.23 bits per heavy atom. The van der Waals surface area contributed by atoms with Crippen molar-refractivity contribution in [3.05, 3.63) is 51.6 Å². The predicted octanol–water partition coefficient (Wildman–Crippen LogP) is 2.99. The second kappa shape index (κ2) is 8.00. The number of halogens is 1. The molecule has 0 fully saturated rings. The summed E-state index contributed by atoms with van der Waals surface area (Å²) in [5, 5.41) is 6.00. The van der Waals surface area contributed by atoms with Gasteiger partial charge in [-0.2, -0.15) is 0 Å². The number of benzene rings is 2. The number of hydrogen-bond donors (Lipinski definition) is 3. The average molecular weight is 411 g/mol. The molecule has 0 spiro atoms. The second-order valence-corrected chi connectivity index (χ2v) is 5.93. The summed E-state index contributed by atoms with van der Waals surface area (Å²) in [6.07, 6.45) is 0. The summed E-state index contributed by atoms with van der Waals surface area (Å²) in [4.78, 5) is 11.9. The van der Waals surface area contributed by atoms with E-state index in [0.29, 0.717) is 24.4 Å². The summed E-state index contributed by atoms with van der Waals surface area (Å²) < 4.78 is 6.06. The van der Waals surface area contributed by atoms with Crippen molar-refractivity contribution >= 4 is 45.6 Å². The van der Waals surface area contributed by atoms with Gasteiger partial charge in [-0.25, -0.2) is 0 Å². The number of nitrogens with one attached hydrogen (secondary N) is 2. The molecule has 1 amide bonds.